The summed E-state index contributed by atoms with van der Waals surface area (Å²) in [5.41, 5.74) is 12.8. The van der Waals surface area contributed by atoms with Crippen LogP contribution >= 0.6 is 23.2 Å². The number of aromatic nitrogens is 2. The lowest BCUT2D eigenvalue weighted by Gasteiger charge is -2.12. The molecule has 0 aliphatic rings. The predicted octanol–water partition coefficient (Wildman–Crippen LogP) is 7.24. The molecule has 162 valence electrons. The van der Waals surface area contributed by atoms with Gasteiger partial charge in [-0.3, -0.25) is 0 Å². The molecule has 0 unspecified atom stereocenters. The Kier molecular flexibility index (Phi) is 6.21. The fourth-order valence-electron chi connectivity index (χ4n) is 3.59. The zero-order valence-electron chi connectivity index (χ0n) is 17.8. The molecule has 0 aliphatic heterocycles. The summed E-state index contributed by atoms with van der Waals surface area (Å²) in [6, 6.07) is 18.8. The summed E-state index contributed by atoms with van der Waals surface area (Å²) in [5.74, 6) is 0.742. The third kappa shape index (κ3) is 4.22. The summed E-state index contributed by atoms with van der Waals surface area (Å²) in [6.45, 7) is 4.03. The molecule has 0 fully saturated rings. The molecule has 5 rings (SSSR count). The Morgan fingerprint density at radius 1 is 0.812 bits per heavy atom. The van der Waals surface area contributed by atoms with Crippen molar-refractivity contribution in [3.63, 3.8) is 0 Å². The van der Waals surface area contributed by atoms with Gasteiger partial charge in [0.05, 0.1) is 18.5 Å². The van der Waals surface area contributed by atoms with Gasteiger partial charge >= 0.3 is 0 Å². The lowest BCUT2D eigenvalue weighted by Crippen LogP contribution is -1.98. The van der Waals surface area contributed by atoms with Crippen molar-refractivity contribution in [2.75, 3.05) is 12.8 Å². The highest BCUT2D eigenvalue weighted by atomic mass is 35.5. The summed E-state index contributed by atoms with van der Waals surface area (Å²) < 4.78 is 11.0. The maximum absolute atomic E-state index is 5.94. The zero-order chi connectivity index (χ0) is 22.8. The third-order valence-electron chi connectivity index (χ3n) is 5.10. The fourth-order valence-corrected chi connectivity index (χ4v) is 3.89. The number of hydrogen-bond donors (Lipinski definition) is 1. The van der Waals surface area contributed by atoms with Crippen LogP contribution in [0.5, 0.6) is 5.75 Å². The molecule has 0 spiro atoms. The van der Waals surface area contributed by atoms with Gasteiger partial charge in [0, 0.05) is 10.9 Å². The van der Waals surface area contributed by atoms with Gasteiger partial charge in [-0.15, -0.1) is 0 Å². The van der Waals surface area contributed by atoms with E-state index < -0.39 is 0 Å². The topological polar surface area (TPSA) is 74.2 Å². The van der Waals surface area contributed by atoms with E-state index in [1.54, 1.807) is 25.3 Å². The van der Waals surface area contributed by atoms with Crippen LogP contribution in [0, 0.1) is 13.8 Å². The Morgan fingerprint density at radius 2 is 1.50 bits per heavy atom. The lowest BCUT2D eigenvalue weighted by atomic mass is 10.0. The smallest absolute Gasteiger partial charge is 0.154 e. The van der Waals surface area contributed by atoms with Crippen molar-refractivity contribution >= 4 is 51.0 Å². The molecular formula is C25H21Cl2N3O2. The molecule has 0 atom stereocenters. The Labute approximate surface area is 195 Å². The quantitative estimate of drug-likeness (QED) is 0.278. The first-order chi connectivity index (χ1) is 15.4. The number of aryl methyl sites for hydroxylation is 2. The lowest BCUT2D eigenvalue weighted by molar-refractivity contribution is 0.416. The summed E-state index contributed by atoms with van der Waals surface area (Å²) in [4.78, 5) is 8.57. The van der Waals surface area contributed by atoms with Crippen LogP contribution in [-0.2, 0) is 0 Å². The van der Waals surface area contributed by atoms with Gasteiger partial charge in [-0.05, 0) is 61.4 Å². The highest BCUT2D eigenvalue weighted by Gasteiger charge is 2.13. The molecule has 0 saturated carbocycles. The van der Waals surface area contributed by atoms with E-state index in [2.05, 4.69) is 9.97 Å². The van der Waals surface area contributed by atoms with E-state index >= 15 is 0 Å². The first-order valence-corrected chi connectivity index (χ1v) is 10.6. The predicted molar refractivity (Wildman–Crippen MR) is 132 cm³/mol. The maximum atomic E-state index is 5.94. The molecule has 0 aliphatic carbocycles. The molecule has 5 nitrogen and oxygen atoms in total. The first kappa shape index (κ1) is 21.9. The van der Waals surface area contributed by atoms with E-state index in [4.69, 9.17) is 38.1 Å². The third-order valence-corrected chi connectivity index (χ3v) is 5.52. The Balaban J connectivity index is 0.000000154. The Morgan fingerprint density at radius 3 is 2.28 bits per heavy atom. The highest BCUT2D eigenvalue weighted by molar-refractivity contribution is 6.30. The van der Waals surface area contributed by atoms with E-state index in [0.717, 1.165) is 44.5 Å². The first-order valence-electron chi connectivity index (χ1n) is 9.89. The van der Waals surface area contributed by atoms with Crippen LogP contribution in [0.4, 0.5) is 5.69 Å². The van der Waals surface area contributed by atoms with Crippen LogP contribution in [0.25, 0.3) is 33.3 Å². The maximum Gasteiger partial charge on any atom is 0.154 e. The molecule has 2 N–H and O–H groups in total. The van der Waals surface area contributed by atoms with E-state index in [1.165, 1.54) is 0 Å². The number of methoxy groups -OCH3 is 1. The number of hydrogen-bond acceptors (Lipinski definition) is 5. The fraction of sp³-hybridized carbons (Fsp3) is 0.120. The number of halogens is 2. The second kappa shape index (κ2) is 9.07. The number of nitrogens with zero attached hydrogens (tertiary/aromatic N) is 2. The van der Waals surface area contributed by atoms with Gasteiger partial charge < -0.3 is 14.9 Å². The van der Waals surface area contributed by atoms with Gasteiger partial charge in [0.15, 0.2) is 5.58 Å². The van der Waals surface area contributed by atoms with Gasteiger partial charge in [-0.25, -0.2) is 9.97 Å². The van der Waals surface area contributed by atoms with Crippen molar-refractivity contribution in [2.24, 2.45) is 0 Å². The number of nitrogens with two attached hydrogens (primary N) is 1. The van der Waals surface area contributed by atoms with Crippen molar-refractivity contribution in [1.29, 1.82) is 0 Å². The van der Waals surface area contributed by atoms with Crippen LogP contribution in [0.15, 0.2) is 65.1 Å². The van der Waals surface area contributed by atoms with Crippen LogP contribution in [0.2, 0.25) is 10.3 Å². The average Bonchev–Trinajstić information content (AvgIpc) is 3.15. The van der Waals surface area contributed by atoms with Crippen molar-refractivity contribution < 1.29 is 9.15 Å². The number of benzene rings is 2. The number of furan rings is 1. The summed E-state index contributed by atoms with van der Waals surface area (Å²) in [7, 11) is 1.62. The van der Waals surface area contributed by atoms with Crippen LogP contribution in [0.1, 0.15) is 11.1 Å². The van der Waals surface area contributed by atoms with E-state index in [-0.39, 0.29) is 0 Å². The van der Waals surface area contributed by atoms with Crippen LogP contribution in [0.3, 0.4) is 0 Å². The molecule has 3 heterocycles. The average molecular weight is 466 g/mol. The van der Waals surface area contributed by atoms with Gasteiger partial charge in [0.25, 0.3) is 0 Å². The van der Waals surface area contributed by atoms with Crippen molar-refractivity contribution in [2.45, 2.75) is 13.8 Å². The second-order valence-corrected chi connectivity index (χ2v) is 8.03. The minimum absolute atomic E-state index is 0.416. The number of ether oxygens (including phenoxy) is 1. The molecule has 0 bridgehead atoms. The summed E-state index contributed by atoms with van der Waals surface area (Å²) in [6.07, 6.45) is 0. The summed E-state index contributed by atoms with van der Waals surface area (Å²) in [5, 5.41) is 1.96. The van der Waals surface area contributed by atoms with Gasteiger partial charge in [-0.2, -0.15) is 0 Å². The van der Waals surface area contributed by atoms with E-state index in [9.17, 15) is 0 Å². The van der Waals surface area contributed by atoms with Crippen molar-refractivity contribution in [3.8, 4) is 17.0 Å². The molecule has 0 amide bonds. The normalized spacial score (nSPS) is 10.8. The van der Waals surface area contributed by atoms with Crippen molar-refractivity contribution in [3.05, 3.63) is 82.1 Å². The largest absolute Gasteiger partial charge is 0.496 e. The van der Waals surface area contributed by atoms with Crippen molar-refractivity contribution in [1.82, 2.24) is 9.97 Å². The molecular weight excluding hydrogens is 445 g/mol. The molecule has 3 aromatic heterocycles. The SMILES string of the molecule is COc1cccc(C)c1-c1nc(Cl)ccc1N.Cc1cccc2oc3ccc(Cl)nc3c12. The monoisotopic (exact) mass is 465 g/mol. The van der Waals surface area contributed by atoms with E-state index in [1.807, 2.05) is 56.3 Å². The molecule has 7 heteroatoms. The Bertz CT molecular complexity index is 1430. The molecule has 0 saturated heterocycles. The minimum Gasteiger partial charge on any atom is -0.496 e. The number of fused-ring (bicyclic) bond motifs is 3. The van der Waals surface area contributed by atoms with Crippen LogP contribution in [-0.4, -0.2) is 17.1 Å². The van der Waals surface area contributed by atoms with Gasteiger partial charge in [0.2, 0.25) is 0 Å². The molecule has 5 aromatic rings. The number of rotatable bonds is 2. The van der Waals surface area contributed by atoms with Gasteiger partial charge in [0.1, 0.15) is 27.2 Å². The Hall–Kier alpha value is -3.28. The number of pyridine rings is 2. The number of nitrogen functional groups attached to an aromatic ring is 1. The molecule has 0 radical (unpaired) electrons. The molecule has 32 heavy (non-hydrogen) atoms. The van der Waals surface area contributed by atoms with Crippen LogP contribution < -0.4 is 10.5 Å². The number of anilines is 1. The van der Waals surface area contributed by atoms with E-state index in [0.29, 0.717) is 21.7 Å². The highest BCUT2D eigenvalue weighted by Crippen LogP contribution is 2.35. The minimum atomic E-state index is 0.416. The zero-order valence-corrected chi connectivity index (χ0v) is 19.3. The standard InChI is InChI=1S/C13H13ClN2O.C12H8ClNO/c1-8-4-3-5-10(17-2)12(8)13-9(15)6-7-11(14)16-13;1-7-3-2-4-8-11(7)12-9(15-8)5-6-10(13)14-12/h3-7H,15H2,1-2H3;2-6H,1H3. The summed E-state index contributed by atoms with van der Waals surface area (Å²) >= 11 is 11.8. The van der Waals surface area contributed by atoms with Gasteiger partial charge in [-0.1, -0.05) is 47.5 Å². The second-order valence-electron chi connectivity index (χ2n) is 7.25. The molecule has 2 aromatic carbocycles.